The zero-order valence-corrected chi connectivity index (χ0v) is 15.5. The fraction of sp³-hybridized carbons (Fsp3) is 0.529. The van der Waals surface area contributed by atoms with E-state index in [9.17, 15) is 9.59 Å². The van der Waals surface area contributed by atoms with Crippen molar-refractivity contribution in [1.29, 1.82) is 0 Å². The van der Waals surface area contributed by atoms with Crippen LogP contribution in [0.5, 0.6) is 0 Å². The van der Waals surface area contributed by atoms with E-state index >= 15 is 0 Å². The second-order valence-corrected chi connectivity index (χ2v) is 6.69. The van der Waals surface area contributed by atoms with Gasteiger partial charge in [-0.25, -0.2) is 0 Å². The van der Waals surface area contributed by atoms with E-state index in [0.29, 0.717) is 16.5 Å². The zero-order valence-electron chi connectivity index (χ0n) is 14.0. The van der Waals surface area contributed by atoms with Crippen molar-refractivity contribution in [3.63, 3.8) is 0 Å². The maximum absolute atomic E-state index is 12.4. The quantitative estimate of drug-likeness (QED) is 0.799. The Morgan fingerprint density at radius 3 is 2.39 bits per heavy atom. The lowest BCUT2D eigenvalue weighted by Gasteiger charge is -2.29. The van der Waals surface area contributed by atoms with E-state index in [1.54, 1.807) is 30.0 Å². The summed E-state index contributed by atoms with van der Waals surface area (Å²) in [6, 6.07) is 4.60. The predicted octanol–water partition coefficient (Wildman–Crippen LogP) is 4.04. The van der Waals surface area contributed by atoms with Crippen molar-refractivity contribution in [3.8, 4) is 0 Å². The van der Waals surface area contributed by atoms with Crippen LogP contribution in [0.15, 0.2) is 18.2 Å². The molecule has 1 N–H and O–H groups in total. The van der Waals surface area contributed by atoms with Gasteiger partial charge < -0.3 is 10.2 Å². The molecule has 0 heterocycles. The van der Waals surface area contributed by atoms with Gasteiger partial charge in [0.25, 0.3) is 0 Å². The lowest BCUT2D eigenvalue weighted by molar-refractivity contribution is -0.140. The molecule has 1 aromatic rings. The van der Waals surface area contributed by atoms with E-state index in [1.165, 1.54) is 0 Å². The Kier molecular flexibility index (Phi) is 7.86. The number of benzene rings is 1. The van der Waals surface area contributed by atoms with Crippen molar-refractivity contribution in [3.05, 3.63) is 33.8 Å². The van der Waals surface area contributed by atoms with Crippen LogP contribution >= 0.6 is 23.2 Å². The largest absolute Gasteiger partial charge is 0.352 e. The molecule has 0 aliphatic rings. The maximum atomic E-state index is 12.4. The van der Waals surface area contributed by atoms with Crippen molar-refractivity contribution in [2.24, 2.45) is 0 Å². The Bertz CT molecular complexity index is 562. The van der Waals surface area contributed by atoms with Gasteiger partial charge in [0.1, 0.15) is 6.04 Å². The highest BCUT2D eigenvalue weighted by atomic mass is 35.5. The van der Waals surface area contributed by atoms with Crippen LogP contribution < -0.4 is 5.32 Å². The Morgan fingerprint density at radius 1 is 1.22 bits per heavy atom. The topological polar surface area (TPSA) is 49.4 Å². The van der Waals surface area contributed by atoms with E-state index in [4.69, 9.17) is 23.2 Å². The summed E-state index contributed by atoms with van der Waals surface area (Å²) in [6.07, 6.45) is 1.12. The molecule has 0 saturated carbocycles. The average Bonchev–Trinajstić information content (AvgIpc) is 2.45. The van der Waals surface area contributed by atoms with E-state index in [1.807, 2.05) is 20.8 Å². The van der Waals surface area contributed by atoms with Gasteiger partial charge in [0.2, 0.25) is 11.8 Å². The average molecular weight is 359 g/mol. The van der Waals surface area contributed by atoms with Gasteiger partial charge in [0, 0.05) is 29.1 Å². The van der Waals surface area contributed by atoms with Gasteiger partial charge in [0.05, 0.1) is 0 Å². The van der Waals surface area contributed by atoms with Crippen LogP contribution in [0.4, 0.5) is 0 Å². The van der Waals surface area contributed by atoms with Gasteiger partial charge in [-0.15, -0.1) is 0 Å². The van der Waals surface area contributed by atoms with Gasteiger partial charge in [-0.05, 0) is 44.9 Å². The molecule has 0 fully saturated rings. The first-order chi connectivity index (χ1) is 10.8. The minimum atomic E-state index is -0.566. The number of carbonyl (C=O) groups is 2. The number of nitrogens with one attached hydrogen (secondary N) is 1. The van der Waals surface area contributed by atoms with E-state index in [2.05, 4.69) is 5.32 Å². The third kappa shape index (κ3) is 6.04. The molecule has 2 amide bonds. The molecular formula is C17H24Cl2N2O2. The third-order valence-corrected chi connectivity index (χ3v) is 4.00. The minimum Gasteiger partial charge on any atom is -0.352 e. The molecule has 0 saturated heterocycles. The Hall–Kier alpha value is -1.26. The molecule has 0 aliphatic carbocycles. The monoisotopic (exact) mass is 358 g/mol. The molecular weight excluding hydrogens is 335 g/mol. The lowest BCUT2D eigenvalue weighted by atomic mass is 10.1. The maximum Gasteiger partial charge on any atom is 0.242 e. The summed E-state index contributed by atoms with van der Waals surface area (Å²) in [5.74, 6) is -0.237. The van der Waals surface area contributed by atoms with Gasteiger partial charge in [-0.1, -0.05) is 36.2 Å². The summed E-state index contributed by atoms with van der Waals surface area (Å²) >= 11 is 12.1. The molecule has 4 nitrogen and oxygen atoms in total. The molecule has 1 rings (SSSR count). The molecule has 0 aliphatic heterocycles. The zero-order chi connectivity index (χ0) is 17.6. The standard InChI is InChI=1S/C17H24Cl2N2O2/c1-5-6-16(22)21(12(4)17(23)20-11(2)3)10-13-7-8-14(18)9-15(13)19/h7-9,11-12H,5-6,10H2,1-4H3,(H,20,23)/t12-/m1/s1. The highest BCUT2D eigenvalue weighted by Crippen LogP contribution is 2.23. The molecule has 128 valence electrons. The predicted molar refractivity (Wildman–Crippen MR) is 94.7 cm³/mol. The summed E-state index contributed by atoms with van der Waals surface area (Å²) in [5.41, 5.74) is 0.768. The number of amides is 2. The summed E-state index contributed by atoms with van der Waals surface area (Å²) in [7, 11) is 0. The lowest BCUT2D eigenvalue weighted by Crippen LogP contribution is -2.49. The molecule has 1 atom stereocenters. The van der Waals surface area contributed by atoms with Crippen molar-refractivity contribution >= 4 is 35.0 Å². The number of hydrogen-bond acceptors (Lipinski definition) is 2. The second kappa shape index (κ2) is 9.14. The van der Waals surface area contributed by atoms with Crippen molar-refractivity contribution < 1.29 is 9.59 Å². The summed E-state index contributed by atoms with van der Waals surface area (Å²) < 4.78 is 0. The fourth-order valence-electron chi connectivity index (χ4n) is 2.18. The van der Waals surface area contributed by atoms with Crippen LogP contribution in [0.3, 0.4) is 0 Å². The fourth-order valence-corrected chi connectivity index (χ4v) is 2.65. The first kappa shape index (κ1) is 19.8. The van der Waals surface area contributed by atoms with Crippen LogP contribution in [-0.4, -0.2) is 28.8 Å². The molecule has 0 aromatic heterocycles. The van der Waals surface area contributed by atoms with Crippen molar-refractivity contribution in [2.75, 3.05) is 0 Å². The highest BCUT2D eigenvalue weighted by Gasteiger charge is 2.26. The van der Waals surface area contributed by atoms with Crippen LogP contribution in [0, 0.1) is 0 Å². The van der Waals surface area contributed by atoms with Crippen molar-refractivity contribution in [1.82, 2.24) is 10.2 Å². The number of rotatable bonds is 7. The van der Waals surface area contributed by atoms with Crippen LogP contribution in [-0.2, 0) is 16.1 Å². The molecule has 0 spiro atoms. The number of carbonyl (C=O) groups excluding carboxylic acids is 2. The molecule has 0 bridgehead atoms. The first-order valence-electron chi connectivity index (χ1n) is 7.80. The number of hydrogen-bond donors (Lipinski definition) is 1. The Balaban J connectivity index is 3.00. The van der Waals surface area contributed by atoms with Gasteiger partial charge in [0.15, 0.2) is 0 Å². The second-order valence-electron chi connectivity index (χ2n) is 5.85. The normalized spacial score (nSPS) is 12.1. The van der Waals surface area contributed by atoms with Crippen molar-refractivity contribution in [2.45, 2.75) is 59.2 Å². The smallest absolute Gasteiger partial charge is 0.242 e. The molecule has 23 heavy (non-hydrogen) atoms. The minimum absolute atomic E-state index is 0.0206. The van der Waals surface area contributed by atoms with Gasteiger partial charge in [-0.2, -0.15) is 0 Å². The molecule has 6 heteroatoms. The van der Waals surface area contributed by atoms with E-state index in [0.717, 1.165) is 12.0 Å². The Labute approximate surface area is 148 Å². The van der Waals surface area contributed by atoms with Gasteiger partial charge in [-0.3, -0.25) is 9.59 Å². The summed E-state index contributed by atoms with van der Waals surface area (Å²) in [6.45, 7) is 7.72. The van der Waals surface area contributed by atoms with E-state index in [-0.39, 0.29) is 24.4 Å². The van der Waals surface area contributed by atoms with Crippen LogP contribution in [0.1, 0.15) is 46.1 Å². The highest BCUT2D eigenvalue weighted by molar-refractivity contribution is 6.35. The molecule has 0 radical (unpaired) electrons. The third-order valence-electron chi connectivity index (χ3n) is 3.42. The summed E-state index contributed by atoms with van der Waals surface area (Å²) in [4.78, 5) is 26.3. The number of halogens is 2. The SMILES string of the molecule is CCCC(=O)N(Cc1ccc(Cl)cc1Cl)[C@H](C)C(=O)NC(C)C. The molecule has 1 aromatic carbocycles. The van der Waals surface area contributed by atoms with E-state index < -0.39 is 6.04 Å². The molecule has 0 unspecified atom stereocenters. The first-order valence-corrected chi connectivity index (χ1v) is 8.55. The van der Waals surface area contributed by atoms with Gasteiger partial charge >= 0.3 is 0 Å². The van der Waals surface area contributed by atoms with Crippen LogP contribution in [0.25, 0.3) is 0 Å². The van der Waals surface area contributed by atoms with Crippen LogP contribution in [0.2, 0.25) is 10.0 Å². The summed E-state index contributed by atoms with van der Waals surface area (Å²) in [5, 5.41) is 3.87. The Morgan fingerprint density at radius 2 is 1.87 bits per heavy atom. The number of nitrogens with zero attached hydrogens (tertiary/aromatic N) is 1.